The lowest BCUT2D eigenvalue weighted by molar-refractivity contribution is -0.113. The third kappa shape index (κ3) is 6.02. The van der Waals surface area contributed by atoms with Crippen molar-refractivity contribution >= 4 is 51.2 Å². The summed E-state index contributed by atoms with van der Waals surface area (Å²) in [6.45, 7) is 7.11. The fourth-order valence-corrected chi connectivity index (χ4v) is 4.39. The number of nitrogens with one attached hydrogen (secondary N) is 2. The summed E-state index contributed by atoms with van der Waals surface area (Å²) in [4.78, 5) is 16.7. The Hall–Kier alpha value is -1.97. The van der Waals surface area contributed by atoms with Crippen LogP contribution in [-0.2, 0) is 4.79 Å². The molecule has 0 saturated carbocycles. The second-order valence-electron chi connectivity index (χ2n) is 6.32. The van der Waals surface area contributed by atoms with Crippen molar-refractivity contribution in [3.63, 3.8) is 0 Å². The second kappa shape index (κ2) is 9.29. The molecule has 2 aromatic heterocycles. The lowest BCUT2D eigenvalue weighted by Crippen LogP contribution is -2.13. The molecule has 0 unspecified atom stereocenters. The normalized spacial score (nSPS) is 11.0. The molecule has 0 fully saturated rings. The molecule has 2 N–H and O–H groups in total. The number of aromatic nitrogens is 3. The first-order valence-corrected chi connectivity index (χ1v) is 11.2. The lowest BCUT2D eigenvalue weighted by atomic mass is 10.1. The average molecular weight is 420 g/mol. The quantitative estimate of drug-likeness (QED) is 0.512. The van der Waals surface area contributed by atoms with Gasteiger partial charge in [0.2, 0.25) is 11.0 Å². The number of carbonyl (C=O) groups excluding carboxylic acids is 1. The summed E-state index contributed by atoms with van der Waals surface area (Å²) >= 11 is 4.47. The Balaban J connectivity index is 1.52. The highest BCUT2D eigenvalue weighted by molar-refractivity contribution is 8.01. The fraction of sp³-hybridized carbons (Fsp3) is 0.333. The van der Waals surface area contributed by atoms with Crippen LogP contribution in [0.5, 0.6) is 0 Å². The average Bonchev–Trinajstić information content (AvgIpc) is 3.27. The zero-order valence-corrected chi connectivity index (χ0v) is 17.8. The predicted molar refractivity (Wildman–Crippen MR) is 115 cm³/mol. The van der Waals surface area contributed by atoms with Crippen molar-refractivity contribution in [2.24, 2.45) is 5.92 Å². The minimum absolute atomic E-state index is 0.0708. The van der Waals surface area contributed by atoms with Crippen LogP contribution in [0.15, 0.2) is 34.0 Å². The Kier molecular flexibility index (Phi) is 6.81. The molecule has 3 rings (SSSR count). The molecular formula is C18H21N5OS3. The highest BCUT2D eigenvalue weighted by Gasteiger charge is 2.10. The van der Waals surface area contributed by atoms with Crippen molar-refractivity contribution in [2.45, 2.75) is 25.1 Å². The van der Waals surface area contributed by atoms with E-state index >= 15 is 0 Å². The molecule has 0 atom stereocenters. The number of amides is 1. The van der Waals surface area contributed by atoms with E-state index in [1.807, 2.05) is 36.6 Å². The SMILES string of the molecule is Cc1nc(-c2cccc(NC(=O)CSc3nnc(NCC(C)C)s3)c2)cs1. The van der Waals surface area contributed by atoms with Gasteiger partial charge in [0, 0.05) is 23.2 Å². The molecule has 1 aromatic carbocycles. The van der Waals surface area contributed by atoms with Crippen LogP contribution in [0.3, 0.4) is 0 Å². The number of aryl methyl sites for hydroxylation is 1. The van der Waals surface area contributed by atoms with E-state index in [2.05, 4.69) is 39.7 Å². The van der Waals surface area contributed by atoms with E-state index in [0.717, 1.165) is 38.0 Å². The van der Waals surface area contributed by atoms with Crippen molar-refractivity contribution in [3.05, 3.63) is 34.7 Å². The molecule has 3 aromatic rings. The number of anilines is 2. The fourth-order valence-electron chi connectivity index (χ4n) is 2.21. The summed E-state index contributed by atoms with van der Waals surface area (Å²) in [5, 5.41) is 18.2. The summed E-state index contributed by atoms with van der Waals surface area (Å²) < 4.78 is 0.781. The Morgan fingerprint density at radius 2 is 2.15 bits per heavy atom. The van der Waals surface area contributed by atoms with Gasteiger partial charge in [-0.2, -0.15) is 0 Å². The van der Waals surface area contributed by atoms with Crippen LogP contribution >= 0.6 is 34.4 Å². The van der Waals surface area contributed by atoms with E-state index in [9.17, 15) is 4.79 Å². The van der Waals surface area contributed by atoms with Crippen LogP contribution in [0.4, 0.5) is 10.8 Å². The van der Waals surface area contributed by atoms with Crippen molar-refractivity contribution < 1.29 is 4.79 Å². The van der Waals surface area contributed by atoms with E-state index in [1.54, 1.807) is 11.3 Å². The molecule has 0 bridgehead atoms. The van der Waals surface area contributed by atoms with Crippen molar-refractivity contribution in [2.75, 3.05) is 22.9 Å². The maximum atomic E-state index is 12.3. The summed E-state index contributed by atoms with van der Waals surface area (Å²) in [6.07, 6.45) is 0. The summed E-state index contributed by atoms with van der Waals surface area (Å²) in [6, 6.07) is 7.73. The molecule has 0 spiro atoms. The summed E-state index contributed by atoms with van der Waals surface area (Å²) in [5.41, 5.74) is 2.69. The maximum Gasteiger partial charge on any atom is 0.234 e. The second-order valence-corrected chi connectivity index (χ2v) is 9.58. The maximum absolute atomic E-state index is 12.3. The van der Waals surface area contributed by atoms with Crippen LogP contribution in [-0.4, -0.2) is 33.4 Å². The number of carbonyl (C=O) groups is 1. The van der Waals surface area contributed by atoms with Gasteiger partial charge in [-0.15, -0.1) is 21.5 Å². The third-order valence-electron chi connectivity index (χ3n) is 3.46. The first kappa shape index (κ1) is 19.8. The molecule has 0 aliphatic heterocycles. The number of benzene rings is 1. The smallest absolute Gasteiger partial charge is 0.234 e. The van der Waals surface area contributed by atoms with Gasteiger partial charge in [0.15, 0.2) is 4.34 Å². The molecule has 0 aliphatic rings. The van der Waals surface area contributed by atoms with Crippen LogP contribution in [0.25, 0.3) is 11.3 Å². The number of nitrogens with zero attached hydrogens (tertiary/aromatic N) is 3. The minimum atomic E-state index is -0.0708. The van der Waals surface area contributed by atoms with E-state index in [1.165, 1.54) is 23.1 Å². The molecule has 6 nitrogen and oxygen atoms in total. The van der Waals surface area contributed by atoms with Gasteiger partial charge in [0.25, 0.3) is 0 Å². The van der Waals surface area contributed by atoms with Crippen LogP contribution in [0.2, 0.25) is 0 Å². The van der Waals surface area contributed by atoms with E-state index in [0.29, 0.717) is 11.7 Å². The van der Waals surface area contributed by atoms with Crippen molar-refractivity contribution in [3.8, 4) is 11.3 Å². The Morgan fingerprint density at radius 3 is 2.89 bits per heavy atom. The molecular weight excluding hydrogens is 398 g/mol. The van der Waals surface area contributed by atoms with Gasteiger partial charge < -0.3 is 10.6 Å². The highest BCUT2D eigenvalue weighted by Crippen LogP contribution is 2.27. The van der Waals surface area contributed by atoms with Gasteiger partial charge in [0.1, 0.15) is 0 Å². The molecule has 0 aliphatic carbocycles. The topological polar surface area (TPSA) is 79.8 Å². The molecule has 142 valence electrons. The molecule has 0 radical (unpaired) electrons. The number of thioether (sulfide) groups is 1. The molecule has 9 heteroatoms. The standard InChI is InChI=1S/C18H21N5OS3/c1-11(2)8-19-17-22-23-18(27-17)26-10-16(24)21-14-6-4-5-13(7-14)15-9-25-12(3)20-15/h4-7,9,11H,8,10H2,1-3H3,(H,19,22)(H,21,24). The number of hydrogen-bond acceptors (Lipinski definition) is 8. The van der Waals surface area contributed by atoms with Crippen molar-refractivity contribution in [1.29, 1.82) is 0 Å². The van der Waals surface area contributed by atoms with Gasteiger partial charge in [-0.3, -0.25) is 4.79 Å². The van der Waals surface area contributed by atoms with Gasteiger partial charge in [0.05, 0.1) is 16.5 Å². The zero-order valence-electron chi connectivity index (χ0n) is 15.4. The molecule has 2 heterocycles. The van der Waals surface area contributed by atoms with Gasteiger partial charge in [-0.25, -0.2) is 4.98 Å². The van der Waals surface area contributed by atoms with Gasteiger partial charge in [-0.1, -0.05) is 49.1 Å². The van der Waals surface area contributed by atoms with Gasteiger partial charge >= 0.3 is 0 Å². The Bertz CT molecular complexity index is 906. The van der Waals surface area contributed by atoms with Crippen LogP contribution < -0.4 is 10.6 Å². The van der Waals surface area contributed by atoms with Crippen molar-refractivity contribution in [1.82, 2.24) is 15.2 Å². The van der Waals surface area contributed by atoms with Gasteiger partial charge in [-0.05, 0) is 25.0 Å². The molecule has 27 heavy (non-hydrogen) atoms. The summed E-state index contributed by atoms with van der Waals surface area (Å²) in [7, 11) is 0. The first-order chi connectivity index (χ1) is 13.0. The zero-order chi connectivity index (χ0) is 19.2. The Labute approximate surface area is 170 Å². The largest absolute Gasteiger partial charge is 0.360 e. The highest BCUT2D eigenvalue weighted by atomic mass is 32.2. The number of rotatable bonds is 8. The Morgan fingerprint density at radius 1 is 1.30 bits per heavy atom. The first-order valence-electron chi connectivity index (χ1n) is 8.52. The van der Waals surface area contributed by atoms with E-state index < -0.39 is 0 Å². The number of hydrogen-bond donors (Lipinski definition) is 2. The third-order valence-corrected chi connectivity index (χ3v) is 6.24. The lowest BCUT2D eigenvalue weighted by Gasteiger charge is -2.06. The van der Waals surface area contributed by atoms with E-state index in [-0.39, 0.29) is 5.91 Å². The predicted octanol–water partition coefficient (Wildman–Crippen LogP) is 4.77. The molecule has 1 amide bonds. The van der Waals surface area contributed by atoms with E-state index in [4.69, 9.17) is 0 Å². The molecule has 0 saturated heterocycles. The summed E-state index contributed by atoms with van der Waals surface area (Å²) in [5.74, 6) is 0.761. The monoisotopic (exact) mass is 419 g/mol. The van der Waals surface area contributed by atoms with Crippen LogP contribution in [0.1, 0.15) is 18.9 Å². The minimum Gasteiger partial charge on any atom is -0.360 e. The van der Waals surface area contributed by atoms with Crippen LogP contribution in [0, 0.1) is 12.8 Å². The number of thiazole rings is 1.